The minimum Gasteiger partial charge on any atom is -0.456 e. The minimum atomic E-state index is -3.65. The normalized spacial score (nSPS) is 14.8. The van der Waals surface area contributed by atoms with Gasteiger partial charge in [-0.05, 0) is 43.5 Å². The van der Waals surface area contributed by atoms with Gasteiger partial charge in [-0.2, -0.15) is 4.31 Å². The number of ether oxygens (including phenoxy) is 1. The van der Waals surface area contributed by atoms with Crippen LogP contribution >= 0.6 is 0 Å². The average Bonchev–Trinajstić information content (AvgIpc) is 3.10. The summed E-state index contributed by atoms with van der Waals surface area (Å²) in [4.78, 5) is 32.2. The number of aryl methyl sites for hydroxylation is 1. The van der Waals surface area contributed by atoms with Crippen molar-refractivity contribution >= 4 is 33.5 Å². The van der Waals surface area contributed by atoms with E-state index in [4.69, 9.17) is 4.74 Å². The number of aromatic nitrogens is 2. The molecule has 0 atom stereocenters. The highest BCUT2D eigenvalue weighted by atomic mass is 32.2. The molecule has 10 nitrogen and oxygen atoms in total. The number of hydrogen-bond donors (Lipinski definition) is 2. The van der Waals surface area contributed by atoms with Gasteiger partial charge in [-0.3, -0.25) is 9.59 Å². The van der Waals surface area contributed by atoms with E-state index in [-0.39, 0.29) is 17.9 Å². The van der Waals surface area contributed by atoms with E-state index in [2.05, 4.69) is 20.6 Å². The molecule has 1 fully saturated rings. The molecule has 1 aliphatic heterocycles. The molecular formula is C22H29N5O5S. The predicted molar refractivity (Wildman–Crippen MR) is 123 cm³/mol. The molecule has 3 rings (SSSR count). The molecule has 0 unspecified atom stereocenters. The fourth-order valence-corrected chi connectivity index (χ4v) is 5.23. The van der Waals surface area contributed by atoms with Crippen LogP contribution in [0.1, 0.15) is 37.7 Å². The van der Waals surface area contributed by atoms with E-state index in [0.29, 0.717) is 30.3 Å². The van der Waals surface area contributed by atoms with Crippen LogP contribution in [0.4, 0.5) is 11.6 Å². The van der Waals surface area contributed by atoms with Crippen LogP contribution < -0.4 is 10.6 Å². The Morgan fingerprint density at radius 2 is 1.79 bits per heavy atom. The van der Waals surface area contributed by atoms with Crippen molar-refractivity contribution in [2.24, 2.45) is 0 Å². The molecule has 33 heavy (non-hydrogen) atoms. The zero-order chi connectivity index (χ0) is 23.7. The molecule has 11 heteroatoms. The van der Waals surface area contributed by atoms with Crippen molar-refractivity contribution in [3.63, 3.8) is 0 Å². The SMILES string of the molecule is Cc1ccc(NC(=O)COC(=O)CCNc2ncccn2)cc1S(=O)(=O)N1CCCCCC1. The van der Waals surface area contributed by atoms with Gasteiger partial charge in [0.1, 0.15) is 0 Å². The number of sulfonamides is 1. The van der Waals surface area contributed by atoms with Crippen molar-refractivity contribution < 1.29 is 22.7 Å². The van der Waals surface area contributed by atoms with Crippen molar-refractivity contribution in [2.75, 3.05) is 36.9 Å². The van der Waals surface area contributed by atoms with Crippen LogP contribution in [-0.2, 0) is 24.3 Å². The second-order valence-electron chi connectivity index (χ2n) is 7.76. The van der Waals surface area contributed by atoms with Crippen LogP contribution in [0.25, 0.3) is 0 Å². The van der Waals surface area contributed by atoms with Gasteiger partial charge in [0.15, 0.2) is 6.61 Å². The number of carbonyl (C=O) groups is 2. The number of rotatable bonds is 9. The molecular weight excluding hydrogens is 446 g/mol. The van der Waals surface area contributed by atoms with Crippen LogP contribution in [0.3, 0.4) is 0 Å². The number of benzene rings is 1. The summed E-state index contributed by atoms with van der Waals surface area (Å²) in [6, 6.07) is 6.42. The zero-order valence-corrected chi connectivity index (χ0v) is 19.4. The molecule has 0 aliphatic carbocycles. The molecule has 1 aromatic heterocycles. The van der Waals surface area contributed by atoms with E-state index in [1.165, 1.54) is 10.4 Å². The summed E-state index contributed by atoms with van der Waals surface area (Å²) >= 11 is 0. The van der Waals surface area contributed by atoms with Gasteiger partial charge in [0, 0.05) is 37.7 Å². The van der Waals surface area contributed by atoms with Crippen LogP contribution in [0.2, 0.25) is 0 Å². The molecule has 2 N–H and O–H groups in total. The first-order valence-corrected chi connectivity index (χ1v) is 12.4. The summed E-state index contributed by atoms with van der Waals surface area (Å²) in [5.41, 5.74) is 0.941. The molecule has 2 aromatic rings. The molecule has 178 valence electrons. The number of carbonyl (C=O) groups excluding carboxylic acids is 2. The Kier molecular flexibility index (Phi) is 8.72. The predicted octanol–water partition coefficient (Wildman–Crippen LogP) is 2.33. The first-order valence-electron chi connectivity index (χ1n) is 10.9. The van der Waals surface area contributed by atoms with Crippen LogP contribution in [-0.4, -0.2) is 60.8 Å². The first-order chi connectivity index (χ1) is 15.9. The minimum absolute atomic E-state index is 0.0360. The second kappa shape index (κ2) is 11.7. The van der Waals surface area contributed by atoms with Crippen LogP contribution in [0.5, 0.6) is 0 Å². The number of nitrogens with zero attached hydrogens (tertiary/aromatic N) is 3. The Labute approximate surface area is 193 Å². The third kappa shape index (κ3) is 7.22. The van der Waals surface area contributed by atoms with E-state index in [0.717, 1.165) is 25.7 Å². The Morgan fingerprint density at radius 3 is 2.48 bits per heavy atom. The van der Waals surface area contributed by atoms with E-state index < -0.39 is 28.5 Å². The summed E-state index contributed by atoms with van der Waals surface area (Å²) in [6.07, 6.45) is 6.92. The fraction of sp³-hybridized carbons (Fsp3) is 0.455. The van der Waals surface area contributed by atoms with Gasteiger partial charge in [0.25, 0.3) is 5.91 Å². The monoisotopic (exact) mass is 475 g/mol. The van der Waals surface area contributed by atoms with Crippen LogP contribution in [0.15, 0.2) is 41.6 Å². The van der Waals surface area contributed by atoms with E-state index in [1.54, 1.807) is 37.5 Å². The summed E-state index contributed by atoms with van der Waals surface area (Å²) < 4.78 is 32.8. The van der Waals surface area contributed by atoms with E-state index in [1.807, 2.05) is 0 Å². The van der Waals surface area contributed by atoms with Gasteiger partial charge >= 0.3 is 5.97 Å². The average molecular weight is 476 g/mol. The number of esters is 1. The second-order valence-corrected chi connectivity index (χ2v) is 9.66. The third-order valence-electron chi connectivity index (χ3n) is 5.20. The molecule has 0 saturated carbocycles. The van der Waals surface area contributed by atoms with E-state index in [9.17, 15) is 18.0 Å². The zero-order valence-electron chi connectivity index (χ0n) is 18.6. The van der Waals surface area contributed by atoms with Gasteiger partial charge in [0.2, 0.25) is 16.0 Å². The van der Waals surface area contributed by atoms with Gasteiger partial charge in [-0.1, -0.05) is 18.9 Å². The van der Waals surface area contributed by atoms with Crippen molar-refractivity contribution in [3.05, 3.63) is 42.2 Å². The summed E-state index contributed by atoms with van der Waals surface area (Å²) in [7, 11) is -3.65. The Morgan fingerprint density at radius 1 is 1.09 bits per heavy atom. The number of hydrogen-bond acceptors (Lipinski definition) is 8. The summed E-state index contributed by atoms with van der Waals surface area (Å²) in [5.74, 6) is -0.708. The third-order valence-corrected chi connectivity index (χ3v) is 7.24. The van der Waals surface area contributed by atoms with Crippen molar-refractivity contribution in [1.29, 1.82) is 0 Å². The van der Waals surface area contributed by atoms with Crippen LogP contribution in [0, 0.1) is 6.92 Å². The first kappa shape index (κ1) is 24.6. The number of amides is 1. The standard InChI is InChI=1S/C22H29N5O5S/c1-17-7-8-18(15-19(17)33(30,31)27-13-4-2-3-5-14-27)26-20(28)16-32-21(29)9-12-25-22-23-10-6-11-24-22/h6-8,10-11,15H,2-5,9,12-14,16H2,1H3,(H,26,28)(H,23,24,25). The molecule has 1 saturated heterocycles. The van der Waals surface area contributed by atoms with E-state index >= 15 is 0 Å². The lowest BCUT2D eigenvalue weighted by Crippen LogP contribution is -2.32. The molecule has 1 aliphatic rings. The van der Waals surface area contributed by atoms with Gasteiger partial charge in [-0.15, -0.1) is 0 Å². The highest BCUT2D eigenvalue weighted by Gasteiger charge is 2.27. The molecule has 0 radical (unpaired) electrons. The van der Waals surface area contributed by atoms with Crippen molar-refractivity contribution in [1.82, 2.24) is 14.3 Å². The maximum atomic E-state index is 13.1. The fourth-order valence-electron chi connectivity index (χ4n) is 3.46. The lowest BCUT2D eigenvalue weighted by Gasteiger charge is -2.21. The molecule has 1 aromatic carbocycles. The molecule has 1 amide bonds. The molecule has 0 spiro atoms. The number of anilines is 2. The maximum Gasteiger partial charge on any atom is 0.308 e. The lowest BCUT2D eigenvalue weighted by molar-refractivity contribution is -0.147. The Bertz CT molecular complexity index is 1050. The smallest absolute Gasteiger partial charge is 0.308 e. The quantitative estimate of drug-likeness (QED) is 0.529. The summed E-state index contributed by atoms with van der Waals surface area (Å²) in [6.45, 7) is 2.52. The molecule has 0 bridgehead atoms. The summed E-state index contributed by atoms with van der Waals surface area (Å²) in [5, 5.41) is 5.47. The molecule has 2 heterocycles. The van der Waals surface area contributed by atoms with Gasteiger partial charge < -0.3 is 15.4 Å². The maximum absolute atomic E-state index is 13.1. The van der Waals surface area contributed by atoms with Crippen molar-refractivity contribution in [3.8, 4) is 0 Å². The Hall–Kier alpha value is -3.05. The van der Waals surface area contributed by atoms with Gasteiger partial charge in [0.05, 0.1) is 11.3 Å². The number of nitrogens with one attached hydrogen (secondary N) is 2. The lowest BCUT2D eigenvalue weighted by atomic mass is 10.2. The Balaban J connectivity index is 1.52. The van der Waals surface area contributed by atoms with Gasteiger partial charge in [-0.25, -0.2) is 18.4 Å². The highest BCUT2D eigenvalue weighted by Crippen LogP contribution is 2.25. The largest absolute Gasteiger partial charge is 0.456 e. The van der Waals surface area contributed by atoms with Crippen molar-refractivity contribution in [2.45, 2.75) is 43.9 Å². The highest BCUT2D eigenvalue weighted by molar-refractivity contribution is 7.89. The topological polar surface area (TPSA) is 131 Å².